The van der Waals surface area contributed by atoms with Gasteiger partial charge in [-0.25, -0.2) is 4.79 Å². The highest BCUT2D eigenvalue weighted by Crippen LogP contribution is 2.41. The molecule has 0 unspecified atom stereocenters. The molecule has 2 saturated heterocycles. The third-order valence-electron chi connectivity index (χ3n) is 7.18. The van der Waals surface area contributed by atoms with Gasteiger partial charge in [-0.1, -0.05) is 30.3 Å². The number of rotatable bonds is 6. The van der Waals surface area contributed by atoms with Crippen molar-refractivity contribution in [1.29, 1.82) is 0 Å². The van der Waals surface area contributed by atoms with Crippen molar-refractivity contribution in [3.63, 3.8) is 0 Å². The molecule has 0 bridgehead atoms. The van der Waals surface area contributed by atoms with Crippen LogP contribution >= 0.6 is 11.3 Å². The van der Waals surface area contributed by atoms with Crippen LogP contribution in [0.4, 0.5) is 4.79 Å². The van der Waals surface area contributed by atoms with E-state index in [-0.39, 0.29) is 23.8 Å². The number of carbonyl (C=O) groups excluding carboxylic acids is 3. The number of amides is 4. The molecule has 2 aromatic heterocycles. The molecule has 5 rings (SSSR count). The molecule has 35 heavy (non-hydrogen) atoms. The van der Waals surface area contributed by atoms with E-state index >= 15 is 0 Å². The Morgan fingerprint density at radius 2 is 1.91 bits per heavy atom. The van der Waals surface area contributed by atoms with Crippen LogP contribution in [-0.2, 0) is 16.8 Å². The number of likely N-dealkylation sites (tertiary alicyclic amines) is 1. The lowest BCUT2D eigenvalue weighted by Gasteiger charge is -2.41. The minimum absolute atomic E-state index is 0.0105. The van der Waals surface area contributed by atoms with Gasteiger partial charge < -0.3 is 10.2 Å². The number of benzene rings is 1. The number of urea groups is 1. The summed E-state index contributed by atoms with van der Waals surface area (Å²) >= 11 is 1.62. The molecule has 7 nitrogen and oxygen atoms in total. The van der Waals surface area contributed by atoms with Gasteiger partial charge in [-0.15, -0.1) is 11.3 Å². The zero-order valence-electron chi connectivity index (χ0n) is 19.6. The summed E-state index contributed by atoms with van der Waals surface area (Å²) in [5, 5.41) is 5.06. The zero-order chi connectivity index (χ0) is 24.4. The summed E-state index contributed by atoms with van der Waals surface area (Å²) in [6.45, 7) is 3.32. The molecule has 0 aliphatic carbocycles. The lowest BCUT2D eigenvalue weighted by Crippen LogP contribution is -2.54. The van der Waals surface area contributed by atoms with E-state index in [4.69, 9.17) is 0 Å². The van der Waals surface area contributed by atoms with Crippen LogP contribution in [0.1, 0.15) is 39.2 Å². The molecule has 4 heterocycles. The van der Waals surface area contributed by atoms with Crippen LogP contribution in [0.5, 0.6) is 0 Å². The maximum atomic E-state index is 13.9. The number of piperidine rings is 1. The SMILES string of the molecule is Cc1ccccc1C(=O)N1CCC([C@]2(c3cccnc3)NC(=O)N(CCc3cccs3)C2=O)CC1. The highest BCUT2D eigenvalue weighted by Gasteiger charge is 2.57. The van der Waals surface area contributed by atoms with Gasteiger partial charge in [0, 0.05) is 48.0 Å². The number of aromatic nitrogens is 1. The Balaban J connectivity index is 1.38. The Bertz CT molecular complexity index is 1220. The second-order valence-corrected chi connectivity index (χ2v) is 10.2. The Morgan fingerprint density at radius 1 is 1.11 bits per heavy atom. The standard InChI is InChI=1S/C27H28N4O3S/c1-19-6-2-3-9-23(19)24(32)30-14-10-20(11-15-30)27(21-7-4-13-28-18-21)25(33)31(26(34)29-27)16-12-22-8-5-17-35-22/h2-9,13,17-18,20H,10-12,14-16H2,1H3,(H,29,34)/t27-/m1/s1. The van der Waals surface area contributed by atoms with Gasteiger partial charge in [0.1, 0.15) is 0 Å². The first-order valence-corrected chi connectivity index (χ1v) is 12.8. The molecular formula is C27H28N4O3S. The number of aryl methyl sites for hydroxylation is 1. The smallest absolute Gasteiger partial charge is 0.325 e. The molecule has 0 saturated carbocycles. The number of imide groups is 1. The van der Waals surface area contributed by atoms with E-state index in [2.05, 4.69) is 10.3 Å². The average Bonchev–Trinajstić information content (AvgIpc) is 3.50. The van der Waals surface area contributed by atoms with E-state index < -0.39 is 5.54 Å². The molecule has 3 aromatic rings. The normalized spacial score (nSPS) is 20.8. The summed E-state index contributed by atoms with van der Waals surface area (Å²) in [4.78, 5) is 48.7. The van der Waals surface area contributed by atoms with Crippen molar-refractivity contribution in [3.05, 3.63) is 87.9 Å². The molecule has 8 heteroatoms. The number of hydrogen-bond donors (Lipinski definition) is 1. The largest absolute Gasteiger partial charge is 0.339 e. The van der Waals surface area contributed by atoms with Gasteiger partial charge in [0.05, 0.1) is 0 Å². The van der Waals surface area contributed by atoms with Crippen molar-refractivity contribution >= 4 is 29.2 Å². The highest BCUT2D eigenvalue weighted by molar-refractivity contribution is 7.09. The van der Waals surface area contributed by atoms with Crippen molar-refractivity contribution < 1.29 is 14.4 Å². The molecule has 1 atom stereocenters. The van der Waals surface area contributed by atoms with E-state index in [1.165, 1.54) is 4.90 Å². The van der Waals surface area contributed by atoms with Gasteiger partial charge in [0.2, 0.25) is 0 Å². The zero-order valence-corrected chi connectivity index (χ0v) is 20.5. The second-order valence-electron chi connectivity index (χ2n) is 9.15. The van der Waals surface area contributed by atoms with E-state index in [0.717, 1.165) is 10.4 Å². The summed E-state index contributed by atoms with van der Waals surface area (Å²) in [5.74, 6) is -0.358. The third-order valence-corrected chi connectivity index (χ3v) is 8.12. The fourth-order valence-corrected chi connectivity index (χ4v) is 5.98. The van der Waals surface area contributed by atoms with E-state index in [9.17, 15) is 14.4 Å². The van der Waals surface area contributed by atoms with E-state index in [0.29, 0.717) is 50.0 Å². The first kappa shape index (κ1) is 23.2. The fraction of sp³-hybridized carbons (Fsp3) is 0.333. The number of nitrogens with zero attached hydrogens (tertiary/aromatic N) is 3. The predicted octanol–water partition coefficient (Wildman–Crippen LogP) is 3.99. The van der Waals surface area contributed by atoms with Crippen molar-refractivity contribution in [2.75, 3.05) is 19.6 Å². The number of pyridine rings is 1. The van der Waals surface area contributed by atoms with Gasteiger partial charge in [-0.2, -0.15) is 0 Å². The monoisotopic (exact) mass is 488 g/mol. The number of carbonyl (C=O) groups is 3. The van der Waals surface area contributed by atoms with Crippen LogP contribution in [0.2, 0.25) is 0 Å². The predicted molar refractivity (Wildman–Crippen MR) is 134 cm³/mol. The summed E-state index contributed by atoms with van der Waals surface area (Å²) in [6.07, 6.45) is 5.18. The summed E-state index contributed by atoms with van der Waals surface area (Å²) in [7, 11) is 0. The van der Waals surface area contributed by atoms with Crippen LogP contribution < -0.4 is 5.32 Å². The molecule has 1 N–H and O–H groups in total. The van der Waals surface area contributed by atoms with Crippen LogP contribution in [-0.4, -0.2) is 52.3 Å². The Labute approximate surface area is 208 Å². The molecule has 2 aliphatic heterocycles. The minimum atomic E-state index is -1.17. The Kier molecular flexibility index (Phi) is 6.38. The molecule has 0 radical (unpaired) electrons. The lowest BCUT2D eigenvalue weighted by atomic mass is 9.73. The molecule has 180 valence electrons. The van der Waals surface area contributed by atoms with Crippen molar-refractivity contribution in [1.82, 2.24) is 20.1 Å². The quantitative estimate of drug-likeness (QED) is 0.532. The molecular weight excluding hydrogens is 460 g/mol. The Morgan fingerprint density at radius 3 is 2.60 bits per heavy atom. The van der Waals surface area contributed by atoms with E-state index in [1.54, 1.807) is 29.8 Å². The maximum absolute atomic E-state index is 13.9. The molecule has 2 fully saturated rings. The minimum Gasteiger partial charge on any atom is -0.339 e. The van der Waals surface area contributed by atoms with Gasteiger partial charge in [-0.05, 0) is 61.2 Å². The summed E-state index contributed by atoms with van der Waals surface area (Å²) in [6, 6.07) is 14.9. The Hall–Kier alpha value is -3.52. The second kappa shape index (κ2) is 9.62. The number of hydrogen-bond acceptors (Lipinski definition) is 5. The van der Waals surface area contributed by atoms with Crippen LogP contribution in [0, 0.1) is 12.8 Å². The lowest BCUT2D eigenvalue weighted by molar-refractivity contribution is -0.134. The highest BCUT2D eigenvalue weighted by atomic mass is 32.1. The average molecular weight is 489 g/mol. The van der Waals surface area contributed by atoms with Crippen molar-refractivity contribution in [2.24, 2.45) is 5.92 Å². The van der Waals surface area contributed by atoms with E-state index in [1.807, 2.05) is 59.7 Å². The fourth-order valence-electron chi connectivity index (χ4n) is 5.28. The van der Waals surface area contributed by atoms with Crippen molar-refractivity contribution in [3.8, 4) is 0 Å². The number of thiophene rings is 1. The van der Waals surface area contributed by atoms with Crippen LogP contribution in [0.15, 0.2) is 66.3 Å². The van der Waals surface area contributed by atoms with Gasteiger partial charge in [0.15, 0.2) is 5.54 Å². The molecule has 0 spiro atoms. The number of nitrogens with one attached hydrogen (secondary N) is 1. The van der Waals surface area contributed by atoms with Crippen LogP contribution in [0.25, 0.3) is 0 Å². The molecule has 4 amide bonds. The van der Waals surface area contributed by atoms with Crippen LogP contribution in [0.3, 0.4) is 0 Å². The summed E-state index contributed by atoms with van der Waals surface area (Å²) in [5.41, 5.74) is 1.18. The molecule has 2 aliphatic rings. The topological polar surface area (TPSA) is 82.6 Å². The third kappa shape index (κ3) is 4.23. The van der Waals surface area contributed by atoms with Gasteiger partial charge in [-0.3, -0.25) is 19.5 Å². The first-order chi connectivity index (χ1) is 17.0. The maximum Gasteiger partial charge on any atom is 0.325 e. The summed E-state index contributed by atoms with van der Waals surface area (Å²) < 4.78 is 0. The first-order valence-electron chi connectivity index (χ1n) is 11.9. The van der Waals surface area contributed by atoms with Crippen molar-refractivity contribution in [2.45, 2.75) is 31.7 Å². The van der Waals surface area contributed by atoms with Gasteiger partial charge in [0.25, 0.3) is 11.8 Å². The molecule has 1 aromatic carbocycles. The van der Waals surface area contributed by atoms with Gasteiger partial charge >= 0.3 is 6.03 Å².